The minimum atomic E-state index is -0.252. The van der Waals surface area contributed by atoms with Crippen LogP contribution in [0.25, 0.3) is 0 Å². The van der Waals surface area contributed by atoms with E-state index in [0.29, 0.717) is 33.0 Å². The molecule has 0 rings (SSSR count). The molecule has 6 heteroatoms. The normalized spacial score (nSPS) is 10.9. The smallest absolute Gasteiger partial charge is 0.308 e. The topological polar surface area (TPSA) is 73.9 Å². The molecule has 1 amide bonds. The van der Waals surface area contributed by atoms with Gasteiger partial charge in [-0.15, -0.1) is 0 Å². The Labute approximate surface area is 121 Å². The fraction of sp³-hybridized carbons (Fsp3) is 0.857. The van der Waals surface area contributed by atoms with Gasteiger partial charge in [0.05, 0.1) is 39.0 Å². The molecule has 0 aliphatic carbocycles. The van der Waals surface area contributed by atoms with Gasteiger partial charge >= 0.3 is 5.97 Å². The Bertz CT molecular complexity index is 279. The predicted octanol–water partition coefficient (Wildman–Crippen LogP) is 1.13. The minimum absolute atomic E-state index is 0.0103. The molecule has 1 N–H and O–H groups in total. The summed E-state index contributed by atoms with van der Waals surface area (Å²) in [7, 11) is 0. The number of esters is 1. The summed E-state index contributed by atoms with van der Waals surface area (Å²) in [6.45, 7) is 9.45. The van der Waals surface area contributed by atoms with E-state index in [4.69, 9.17) is 14.2 Å². The van der Waals surface area contributed by atoms with E-state index < -0.39 is 0 Å². The third-order valence-corrected chi connectivity index (χ3v) is 2.26. The summed E-state index contributed by atoms with van der Waals surface area (Å²) in [5, 5.41) is 2.75. The van der Waals surface area contributed by atoms with Gasteiger partial charge in [-0.25, -0.2) is 0 Å². The van der Waals surface area contributed by atoms with Gasteiger partial charge in [0.25, 0.3) is 0 Å². The molecule has 6 nitrogen and oxygen atoms in total. The van der Waals surface area contributed by atoms with Gasteiger partial charge in [0.15, 0.2) is 0 Å². The number of carbonyl (C=O) groups excluding carboxylic acids is 2. The van der Waals surface area contributed by atoms with E-state index in [0.717, 1.165) is 0 Å². The zero-order valence-corrected chi connectivity index (χ0v) is 12.9. The number of carbonyl (C=O) groups is 2. The Morgan fingerprint density at radius 3 is 2.10 bits per heavy atom. The summed E-state index contributed by atoms with van der Waals surface area (Å²) in [4.78, 5) is 22.4. The van der Waals surface area contributed by atoms with Gasteiger partial charge in [0, 0.05) is 12.5 Å². The monoisotopic (exact) mass is 289 g/mol. The lowest BCUT2D eigenvalue weighted by atomic mass is 10.2. The summed E-state index contributed by atoms with van der Waals surface area (Å²) in [6.07, 6.45) is 0.162. The van der Waals surface area contributed by atoms with E-state index in [2.05, 4.69) is 5.32 Å². The molecule has 0 radical (unpaired) electrons. The lowest BCUT2D eigenvalue weighted by molar-refractivity contribution is -0.148. The maximum Gasteiger partial charge on any atom is 0.308 e. The number of rotatable bonds is 11. The SMILES string of the molecule is CC(C)OC(=O)CCOCCOCCNC(=O)C(C)C. The molecule has 0 spiro atoms. The van der Waals surface area contributed by atoms with Gasteiger partial charge in [-0.2, -0.15) is 0 Å². The lowest BCUT2D eigenvalue weighted by Crippen LogP contribution is -2.31. The largest absolute Gasteiger partial charge is 0.463 e. The fourth-order valence-electron chi connectivity index (χ4n) is 1.25. The summed E-state index contributed by atoms with van der Waals surface area (Å²) in [5.74, 6) is -0.241. The lowest BCUT2D eigenvalue weighted by Gasteiger charge is -2.09. The van der Waals surface area contributed by atoms with Gasteiger partial charge in [0.2, 0.25) is 5.91 Å². The molecule has 0 unspecified atom stereocenters. The van der Waals surface area contributed by atoms with Crippen molar-refractivity contribution < 1.29 is 23.8 Å². The van der Waals surface area contributed by atoms with Gasteiger partial charge < -0.3 is 19.5 Å². The molecule has 0 aliphatic heterocycles. The van der Waals surface area contributed by atoms with E-state index in [1.165, 1.54) is 0 Å². The van der Waals surface area contributed by atoms with Crippen LogP contribution in [0, 0.1) is 5.92 Å². The van der Waals surface area contributed by atoms with Crippen LogP contribution in [-0.4, -0.2) is 51.0 Å². The summed E-state index contributed by atoms with van der Waals surface area (Å²) < 4.78 is 15.5. The Morgan fingerprint density at radius 2 is 1.55 bits per heavy atom. The number of hydrogen-bond donors (Lipinski definition) is 1. The summed E-state index contributed by atoms with van der Waals surface area (Å²) >= 11 is 0. The Hall–Kier alpha value is -1.14. The first-order valence-electron chi connectivity index (χ1n) is 7.06. The molecular weight excluding hydrogens is 262 g/mol. The first-order valence-corrected chi connectivity index (χ1v) is 7.06. The average molecular weight is 289 g/mol. The summed E-state index contributed by atoms with van der Waals surface area (Å²) in [5.41, 5.74) is 0. The maximum atomic E-state index is 11.2. The Balaban J connectivity index is 3.25. The van der Waals surface area contributed by atoms with Crippen LogP contribution in [0.3, 0.4) is 0 Å². The van der Waals surface area contributed by atoms with Gasteiger partial charge in [-0.3, -0.25) is 9.59 Å². The Kier molecular flexibility index (Phi) is 11.0. The highest BCUT2D eigenvalue weighted by molar-refractivity contribution is 5.77. The van der Waals surface area contributed by atoms with Crippen LogP contribution in [0.2, 0.25) is 0 Å². The van der Waals surface area contributed by atoms with Crippen molar-refractivity contribution in [1.82, 2.24) is 5.32 Å². The van der Waals surface area contributed by atoms with Crippen LogP contribution < -0.4 is 5.32 Å². The molecule has 0 saturated carbocycles. The van der Waals surface area contributed by atoms with Crippen molar-refractivity contribution in [3.8, 4) is 0 Å². The highest BCUT2D eigenvalue weighted by atomic mass is 16.5. The van der Waals surface area contributed by atoms with Crippen LogP contribution in [0.5, 0.6) is 0 Å². The van der Waals surface area contributed by atoms with Crippen molar-refractivity contribution in [2.45, 2.75) is 40.2 Å². The molecule has 0 aliphatic rings. The number of amides is 1. The third-order valence-electron chi connectivity index (χ3n) is 2.26. The van der Waals surface area contributed by atoms with Crippen molar-refractivity contribution >= 4 is 11.9 Å². The highest BCUT2D eigenvalue weighted by Crippen LogP contribution is 1.94. The zero-order valence-electron chi connectivity index (χ0n) is 12.9. The molecule has 0 aromatic heterocycles. The molecule has 0 atom stereocenters. The van der Waals surface area contributed by atoms with E-state index in [1.807, 2.05) is 27.7 Å². The number of ether oxygens (including phenoxy) is 3. The van der Waals surface area contributed by atoms with Crippen molar-refractivity contribution in [3.05, 3.63) is 0 Å². The second-order valence-electron chi connectivity index (χ2n) is 4.96. The average Bonchev–Trinajstić information content (AvgIpc) is 2.35. The molecule has 0 aromatic rings. The number of hydrogen-bond acceptors (Lipinski definition) is 5. The van der Waals surface area contributed by atoms with Crippen molar-refractivity contribution in [3.63, 3.8) is 0 Å². The molecular formula is C14H27NO5. The molecule has 0 aromatic carbocycles. The van der Waals surface area contributed by atoms with E-state index >= 15 is 0 Å². The first-order chi connectivity index (χ1) is 9.43. The fourth-order valence-corrected chi connectivity index (χ4v) is 1.25. The number of nitrogens with one attached hydrogen (secondary N) is 1. The quantitative estimate of drug-likeness (QED) is 0.456. The van der Waals surface area contributed by atoms with Crippen molar-refractivity contribution in [2.24, 2.45) is 5.92 Å². The van der Waals surface area contributed by atoms with Gasteiger partial charge in [-0.1, -0.05) is 13.8 Å². The predicted molar refractivity (Wildman–Crippen MR) is 75.3 cm³/mol. The van der Waals surface area contributed by atoms with Crippen LogP contribution in [0.1, 0.15) is 34.1 Å². The molecule has 118 valence electrons. The Morgan fingerprint density at radius 1 is 0.950 bits per heavy atom. The van der Waals surface area contributed by atoms with E-state index in [-0.39, 0.29) is 30.3 Å². The first kappa shape index (κ1) is 18.9. The molecule has 0 saturated heterocycles. The van der Waals surface area contributed by atoms with E-state index in [1.54, 1.807) is 0 Å². The second kappa shape index (κ2) is 11.7. The second-order valence-corrected chi connectivity index (χ2v) is 4.96. The molecule has 0 fully saturated rings. The van der Waals surface area contributed by atoms with E-state index in [9.17, 15) is 9.59 Å². The van der Waals surface area contributed by atoms with Crippen molar-refractivity contribution in [1.29, 1.82) is 0 Å². The molecule has 0 heterocycles. The standard InChI is InChI=1S/C14H27NO5/c1-11(2)14(17)15-6-8-19-10-9-18-7-5-13(16)20-12(3)4/h11-12H,5-10H2,1-4H3,(H,15,17). The van der Waals surface area contributed by atoms with Crippen LogP contribution in [-0.2, 0) is 23.8 Å². The van der Waals surface area contributed by atoms with Crippen LogP contribution >= 0.6 is 0 Å². The zero-order chi connectivity index (χ0) is 15.4. The van der Waals surface area contributed by atoms with Crippen LogP contribution in [0.15, 0.2) is 0 Å². The third kappa shape index (κ3) is 11.9. The highest BCUT2D eigenvalue weighted by Gasteiger charge is 2.05. The minimum Gasteiger partial charge on any atom is -0.463 e. The molecule has 20 heavy (non-hydrogen) atoms. The van der Waals surface area contributed by atoms with Crippen LogP contribution in [0.4, 0.5) is 0 Å². The summed E-state index contributed by atoms with van der Waals surface area (Å²) in [6, 6.07) is 0. The molecule has 0 bridgehead atoms. The van der Waals surface area contributed by atoms with Crippen molar-refractivity contribution in [2.75, 3.05) is 33.0 Å². The van der Waals surface area contributed by atoms with Gasteiger partial charge in [0.1, 0.15) is 0 Å². The maximum absolute atomic E-state index is 11.2. The van der Waals surface area contributed by atoms with Gasteiger partial charge in [-0.05, 0) is 13.8 Å².